The highest BCUT2D eigenvalue weighted by Gasteiger charge is 2.32. The standard InChI is InChI=1S/C18H24N4O2/c1-2-10-24-16-12-22(14-6-4-3-5-7-14)21-17(16)18(23)20-15(11-19)13-8-9-13/h3-7,12-13,15H,2,8-11,19H2,1H3,(H,20,23). The molecule has 24 heavy (non-hydrogen) atoms. The van der Waals surface area contributed by atoms with E-state index in [2.05, 4.69) is 10.4 Å². The van der Waals surface area contributed by atoms with E-state index in [1.165, 1.54) is 0 Å². The normalized spacial score (nSPS) is 15.1. The van der Waals surface area contributed by atoms with Gasteiger partial charge in [-0.2, -0.15) is 5.10 Å². The van der Waals surface area contributed by atoms with Crippen molar-refractivity contribution in [3.8, 4) is 11.4 Å². The van der Waals surface area contributed by atoms with Crippen LogP contribution in [0.25, 0.3) is 5.69 Å². The third kappa shape index (κ3) is 3.76. The fourth-order valence-electron chi connectivity index (χ4n) is 2.65. The van der Waals surface area contributed by atoms with Gasteiger partial charge in [-0.1, -0.05) is 25.1 Å². The van der Waals surface area contributed by atoms with Gasteiger partial charge in [0.2, 0.25) is 0 Å². The van der Waals surface area contributed by atoms with E-state index >= 15 is 0 Å². The quantitative estimate of drug-likeness (QED) is 0.778. The van der Waals surface area contributed by atoms with Gasteiger partial charge < -0.3 is 15.8 Å². The number of para-hydroxylation sites is 1. The first-order chi connectivity index (χ1) is 11.7. The van der Waals surface area contributed by atoms with E-state index in [4.69, 9.17) is 10.5 Å². The molecule has 1 aliphatic carbocycles. The monoisotopic (exact) mass is 328 g/mol. The molecule has 3 rings (SSSR count). The number of aromatic nitrogens is 2. The summed E-state index contributed by atoms with van der Waals surface area (Å²) in [5.41, 5.74) is 6.98. The molecule has 1 aromatic carbocycles. The molecule has 0 bridgehead atoms. The van der Waals surface area contributed by atoms with Gasteiger partial charge in [-0.25, -0.2) is 4.68 Å². The number of hydrogen-bond acceptors (Lipinski definition) is 4. The number of carbonyl (C=O) groups excluding carboxylic acids is 1. The second-order valence-corrected chi connectivity index (χ2v) is 6.12. The van der Waals surface area contributed by atoms with Crippen LogP contribution < -0.4 is 15.8 Å². The number of nitrogens with zero attached hydrogens (tertiary/aromatic N) is 2. The van der Waals surface area contributed by atoms with Crippen molar-refractivity contribution in [3.63, 3.8) is 0 Å². The van der Waals surface area contributed by atoms with Crippen LogP contribution in [0.4, 0.5) is 0 Å². The van der Waals surface area contributed by atoms with Gasteiger partial charge in [0.1, 0.15) is 0 Å². The van der Waals surface area contributed by atoms with Gasteiger partial charge in [0.05, 0.1) is 18.5 Å². The van der Waals surface area contributed by atoms with Crippen molar-refractivity contribution < 1.29 is 9.53 Å². The Balaban J connectivity index is 1.83. The molecule has 1 aromatic heterocycles. The molecule has 1 aliphatic rings. The van der Waals surface area contributed by atoms with Crippen molar-refractivity contribution in [2.45, 2.75) is 32.2 Å². The van der Waals surface area contributed by atoms with E-state index < -0.39 is 0 Å². The summed E-state index contributed by atoms with van der Waals surface area (Å²) in [6.07, 6.45) is 4.87. The van der Waals surface area contributed by atoms with Crippen LogP contribution >= 0.6 is 0 Å². The Morgan fingerprint density at radius 3 is 2.79 bits per heavy atom. The molecule has 3 N–H and O–H groups in total. The molecule has 1 atom stereocenters. The average molecular weight is 328 g/mol. The summed E-state index contributed by atoms with van der Waals surface area (Å²) in [5.74, 6) is 0.776. The predicted molar refractivity (Wildman–Crippen MR) is 92.4 cm³/mol. The molecule has 2 aromatic rings. The van der Waals surface area contributed by atoms with Crippen molar-refractivity contribution in [2.24, 2.45) is 11.7 Å². The van der Waals surface area contributed by atoms with E-state index in [1.807, 2.05) is 37.3 Å². The zero-order chi connectivity index (χ0) is 16.9. The number of carbonyl (C=O) groups is 1. The Bertz CT molecular complexity index is 680. The first-order valence-electron chi connectivity index (χ1n) is 8.51. The Morgan fingerprint density at radius 1 is 1.42 bits per heavy atom. The lowest BCUT2D eigenvalue weighted by Crippen LogP contribution is -2.42. The Morgan fingerprint density at radius 2 is 2.17 bits per heavy atom. The van der Waals surface area contributed by atoms with E-state index in [-0.39, 0.29) is 11.9 Å². The number of rotatable bonds is 8. The molecular formula is C18H24N4O2. The van der Waals surface area contributed by atoms with E-state index in [0.717, 1.165) is 24.9 Å². The van der Waals surface area contributed by atoms with E-state index in [1.54, 1.807) is 10.9 Å². The molecule has 1 heterocycles. The smallest absolute Gasteiger partial charge is 0.275 e. The van der Waals surface area contributed by atoms with Crippen molar-refractivity contribution in [3.05, 3.63) is 42.2 Å². The van der Waals surface area contributed by atoms with E-state index in [9.17, 15) is 4.79 Å². The molecule has 1 unspecified atom stereocenters. The highest BCUT2D eigenvalue weighted by atomic mass is 16.5. The third-order valence-electron chi connectivity index (χ3n) is 4.14. The Hall–Kier alpha value is -2.34. The Kier molecular flexibility index (Phi) is 5.15. The molecule has 0 aliphatic heterocycles. The minimum atomic E-state index is -0.224. The number of hydrogen-bond donors (Lipinski definition) is 2. The number of amides is 1. The topological polar surface area (TPSA) is 82.2 Å². The lowest BCUT2D eigenvalue weighted by molar-refractivity contribution is 0.0924. The van der Waals surface area contributed by atoms with Gasteiger partial charge in [-0.05, 0) is 37.3 Å². The van der Waals surface area contributed by atoms with Crippen molar-refractivity contribution >= 4 is 5.91 Å². The highest BCUT2D eigenvalue weighted by Crippen LogP contribution is 2.32. The fourth-order valence-corrected chi connectivity index (χ4v) is 2.65. The number of benzene rings is 1. The maximum Gasteiger partial charge on any atom is 0.275 e. The van der Waals surface area contributed by atoms with Crippen molar-refractivity contribution in [1.82, 2.24) is 15.1 Å². The van der Waals surface area contributed by atoms with Gasteiger partial charge in [0.25, 0.3) is 5.91 Å². The first kappa shape index (κ1) is 16.5. The van der Waals surface area contributed by atoms with Crippen LogP contribution in [0.2, 0.25) is 0 Å². The second-order valence-electron chi connectivity index (χ2n) is 6.12. The minimum Gasteiger partial charge on any atom is -0.489 e. The molecule has 0 saturated heterocycles. The largest absolute Gasteiger partial charge is 0.489 e. The van der Waals surface area contributed by atoms with Gasteiger partial charge in [-0.15, -0.1) is 0 Å². The number of nitrogens with two attached hydrogens (primary N) is 1. The van der Waals surface area contributed by atoms with Crippen molar-refractivity contribution in [1.29, 1.82) is 0 Å². The van der Waals surface area contributed by atoms with Crippen LogP contribution in [-0.2, 0) is 0 Å². The SMILES string of the molecule is CCCOc1cn(-c2ccccc2)nc1C(=O)NC(CN)C1CC1. The molecule has 1 saturated carbocycles. The van der Waals surface area contributed by atoms with Gasteiger partial charge in [0, 0.05) is 12.6 Å². The van der Waals surface area contributed by atoms with E-state index in [0.29, 0.717) is 30.5 Å². The molecule has 6 nitrogen and oxygen atoms in total. The summed E-state index contributed by atoms with van der Waals surface area (Å²) in [7, 11) is 0. The lowest BCUT2D eigenvalue weighted by Gasteiger charge is -2.15. The molecule has 1 amide bonds. The highest BCUT2D eigenvalue weighted by molar-refractivity contribution is 5.95. The molecule has 0 spiro atoms. The van der Waals surface area contributed by atoms with Crippen LogP contribution in [0.5, 0.6) is 5.75 Å². The van der Waals surface area contributed by atoms with Gasteiger partial charge in [0.15, 0.2) is 11.4 Å². The molecule has 1 fully saturated rings. The zero-order valence-electron chi connectivity index (χ0n) is 13.9. The summed E-state index contributed by atoms with van der Waals surface area (Å²) in [6.45, 7) is 3.02. The molecule has 6 heteroatoms. The minimum absolute atomic E-state index is 0.0124. The molecule has 0 radical (unpaired) electrons. The summed E-state index contributed by atoms with van der Waals surface area (Å²) in [5, 5.41) is 7.45. The second kappa shape index (κ2) is 7.49. The Labute approximate surface area is 142 Å². The van der Waals surface area contributed by atoms with Gasteiger partial charge in [-0.3, -0.25) is 4.79 Å². The van der Waals surface area contributed by atoms with Crippen LogP contribution in [0.3, 0.4) is 0 Å². The maximum atomic E-state index is 12.7. The van der Waals surface area contributed by atoms with Gasteiger partial charge >= 0.3 is 0 Å². The summed E-state index contributed by atoms with van der Waals surface area (Å²) >= 11 is 0. The fraction of sp³-hybridized carbons (Fsp3) is 0.444. The predicted octanol–water partition coefficient (Wildman–Crippen LogP) is 2.13. The third-order valence-corrected chi connectivity index (χ3v) is 4.14. The van der Waals surface area contributed by atoms with Crippen LogP contribution in [0, 0.1) is 5.92 Å². The first-order valence-corrected chi connectivity index (χ1v) is 8.51. The summed E-state index contributed by atoms with van der Waals surface area (Å²) in [4.78, 5) is 12.7. The summed E-state index contributed by atoms with van der Waals surface area (Å²) < 4.78 is 7.40. The average Bonchev–Trinajstić information content (AvgIpc) is 3.37. The van der Waals surface area contributed by atoms with Crippen LogP contribution in [0.1, 0.15) is 36.7 Å². The molecular weight excluding hydrogens is 304 g/mol. The summed E-state index contributed by atoms with van der Waals surface area (Å²) in [6, 6.07) is 9.69. The molecule has 128 valence electrons. The number of ether oxygens (including phenoxy) is 1. The maximum absolute atomic E-state index is 12.7. The zero-order valence-corrected chi connectivity index (χ0v) is 13.9. The number of nitrogens with one attached hydrogen (secondary N) is 1. The van der Waals surface area contributed by atoms with Crippen LogP contribution in [-0.4, -0.2) is 34.9 Å². The lowest BCUT2D eigenvalue weighted by atomic mass is 10.2. The van der Waals surface area contributed by atoms with Crippen molar-refractivity contribution in [2.75, 3.05) is 13.2 Å². The van der Waals surface area contributed by atoms with Crippen LogP contribution in [0.15, 0.2) is 36.5 Å².